The van der Waals surface area contributed by atoms with Gasteiger partial charge in [-0.15, -0.1) is 0 Å². The zero-order valence-electron chi connectivity index (χ0n) is 18.8. The van der Waals surface area contributed by atoms with Crippen molar-refractivity contribution in [3.8, 4) is 11.1 Å². The summed E-state index contributed by atoms with van der Waals surface area (Å²) in [5, 5.41) is 9.59. The number of benzene rings is 2. The highest BCUT2D eigenvalue weighted by Gasteiger charge is 2.30. The summed E-state index contributed by atoms with van der Waals surface area (Å²) in [5.41, 5.74) is 7.84. The molecule has 1 N–H and O–H groups in total. The molecule has 2 aromatic carbocycles. The quantitative estimate of drug-likeness (QED) is 0.757. The topological polar surface area (TPSA) is 66.8 Å². The molecule has 0 saturated carbocycles. The van der Waals surface area contributed by atoms with E-state index in [1.165, 1.54) is 11.1 Å². The van der Waals surface area contributed by atoms with Crippen molar-refractivity contribution in [2.45, 2.75) is 66.5 Å². The number of carbonyl (C=O) groups excluding carboxylic acids is 1. The number of aryl methyl sites for hydroxylation is 1. The third-order valence-electron chi connectivity index (χ3n) is 5.70. The average molecular weight is 410 g/mol. The van der Waals surface area contributed by atoms with Gasteiger partial charge in [-0.3, -0.25) is 4.79 Å². The van der Waals surface area contributed by atoms with Gasteiger partial charge in [-0.1, -0.05) is 29.8 Å². The summed E-state index contributed by atoms with van der Waals surface area (Å²) >= 11 is 0. The lowest BCUT2D eigenvalue weighted by molar-refractivity contribution is -0.136. The van der Waals surface area contributed by atoms with Crippen LogP contribution in [0.3, 0.4) is 0 Å². The van der Waals surface area contributed by atoms with E-state index in [9.17, 15) is 14.7 Å². The van der Waals surface area contributed by atoms with Crippen LogP contribution in [0.25, 0.3) is 11.1 Å². The number of carboxylic acids is 1. The van der Waals surface area contributed by atoms with Gasteiger partial charge in [0.15, 0.2) is 0 Å². The monoisotopic (exact) mass is 409 g/mol. The number of carboxylic acid groups (broad SMARTS) is 1. The molecule has 0 aliphatic carbocycles. The van der Waals surface area contributed by atoms with Crippen LogP contribution in [0.5, 0.6) is 0 Å². The molecule has 3 rings (SSSR count). The van der Waals surface area contributed by atoms with Crippen LogP contribution in [0.15, 0.2) is 24.3 Å². The molecular formula is C25H31NO4. The molecule has 5 heteroatoms. The highest BCUT2D eigenvalue weighted by Crippen LogP contribution is 2.38. The maximum Gasteiger partial charge on any atom is 0.410 e. The number of rotatable bonds is 3. The van der Waals surface area contributed by atoms with E-state index in [4.69, 9.17) is 4.74 Å². The van der Waals surface area contributed by atoms with Crippen molar-refractivity contribution >= 4 is 12.1 Å². The van der Waals surface area contributed by atoms with E-state index in [-0.39, 0.29) is 12.5 Å². The molecule has 5 nitrogen and oxygen atoms in total. The highest BCUT2D eigenvalue weighted by atomic mass is 16.6. The summed E-state index contributed by atoms with van der Waals surface area (Å²) in [4.78, 5) is 26.0. The van der Waals surface area contributed by atoms with Crippen LogP contribution in [0, 0.1) is 20.8 Å². The van der Waals surface area contributed by atoms with Crippen molar-refractivity contribution in [2.24, 2.45) is 0 Å². The summed E-state index contributed by atoms with van der Waals surface area (Å²) in [7, 11) is 0. The normalized spacial score (nSPS) is 13.7. The predicted octanol–water partition coefficient (Wildman–Crippen LogP) is 5.20. The van der Waals surface area contributed by atoms with Crippen LogP contribution in [0.2, 0.25) is 0 Å². The molecule has 0 fully saturated rings. The Morgan fingerprint density at radius 2 is 1.67 bits per heavy atom. The van der Waals surface area contributed by atoms with Crippen LogP contribution in [-0.2, 0) is 28.9 Å². The SMILES string of the molecule is Cc1ccc(-c2c(C)c3c(c(C)c2CC(=O)O)CN(C(=O)OC(C)(C)C)CC3)cc1. The molecule has 0 aromatic heterocycles. The molecular weight excluding hydrogens is 378 g/mol. The first-order valence-corrected chi connectivity index (χ1v) is 10.4. The highest BCUT2D eigenvalue weighted by molar-refractivity contribution is 5.81. The number of ether oxygens (including phenoxy) is 1. The van der Waals surface area contributed by atoms with Gasteiger partial charge in [0.05, 0.1) is 6.42 Å². The summed E-state index contributed by atoms with van der Waals surface area (Å²) < 4.78 is 5.55. The van der Waals surface area contributed by atoms with Crippen molar-refractivity contribution in [3.05, 3.63) is 57.6 Å². The van der Waals surface area contributed by atoms with Crippen LogP contribution < -0.4 is 0 Å². The zero-order chi connectivity index (χ0) is 22.2. The Hall–Kier alpha value is -2.82. The first-order valence-electron chi connectivity index (χ1n) is 10.4. The lowest BCUT2D eigenvalue weighted by atomic mass is 9.81. The molecule has 1 amide bonds. The largest absolute Gasteiger partial charge is 0.481 e. The molecule has 0 bridgehead atoms. The molecule has 1 aliphatic heterocycles. The second kappa shape index (κ2) is 8.13. The van der Waals surface area contributed by atoms with Gasteiger partial charge >= 0.3 is 12.1 Å². The number of amides is 1. The zero-order valence-corrected chi connectivity index (χ0v) is 18.8. The van der Waals surface area contributed by atoms with E-state index in [1.54, 1.807) is 4.90 Å². The maximum absolute atomic E-state index is 12.6. The van der Waals surface area contributed by atoms with Crippen LogP contribution >= 0.6 is 0 Å². The summed E-state index contributed by atoms with van der Waals surface area (Å²) in [6.07, 6.45) is 0.357. The Labute approximate surface area is 178 Å². The van der Waals surface area contributed by atoms with E-state index < -0.39 is 11.6 Å². The van der Waals surface area contributed by atoms with Gasteiger partial charge in [0.25, 0.3) is 0 Å². The molecule has 1 heterocycles. The fourth-order valence-corrected chi connectivity index (χ4v) is 4.23. The fraction of sp³-hybridized carbons (Fsp3) is 0.440. The van der Waals surface area contributed by atoms with Gasteiger partial charge in [-0.05, 0) is 86.9 Å². The molecule has 1 aliphatic rings. The minimum Gasteiger partial charge on any atom is -0.481 e. The second-order valence-electron chi connectivity index (χ2n) is 9.15. The number of nitrogens with zero attached hydrogens (tertiary/aromatic N) is 1. The second-order valence-corrected chi connectivity index (χ2v) is 9.15. The predicted molar refractivity (Wildman–Crippen MR) is 118 cm³/mol. The average Bonchev–Trinajstić information content (AvgIpc) is 2.65. The van der Waals surface area contributed by atoms with Gasteiger partial charge in [0.2, 0.25) is 0 Å². The van der Waals surface area contributed by atoms with E-state index in [0.717, 1.165) is 39.8 Å². The maximum atomic E-state index is 12.6. The number of hydrogen-bond donors (Lipinski definition) is 1. The fourth-order valence-electron chi connectivity index (χ4n) is 4.23. The van der Waals surface area contributed by atoms with E-state index in [1.807, 2.05) is 34.6 Å². The number of hydrogen-bond acceptors (Lipinski definition) is 3. The van der Waals surface area contributed by atoms with Crippen LogP contribution in [-0.4, -0.2) is 34.2 Å². The minimum atomic E-state index is -0.856. The Kier molecular flexibility index (Phi) is 5.93. The third kappa shape index (κ3) is 4.50. The Morgan fingerprint density at radius 1 is 1.03 bits per heavy atom. The lowest BCUT2D eigenvalue weighted by Gasteiger charge is -2.34. The molecule has 0 radical (unpaired) electrons. The standard InChI is InChI=1S/C25H31NO4/c1-15-7-9-18(10-8-15)23-17(3)19-11-12-26(24(29)30-25(4,5)6)14-21(19)16(2)20(23)13-22(27)28/h7-10H,11-14H2,1-6H3,(H,27,28). The van der Waals surface area contributed by atoms with Gasteiger partial charge in [-0.2, -0.15) is 0 Å². The first-order chi connectivity index (χ1) is 14.0. The molecule has 0 unspecified atom stereocenters. The minimum absolute atomic E-state index is 0.0460. The van der Waals surface area contributed by atoms with E-state index in [2.05, 4.69) is 31.2 Å². The molecule has 0 saturated heterocycles. The summed E-state index contributed by atoms with van der Waals surface area (Å²) in [6.45, 7) is 12.7. The van der Waals surface area contributed by atoms with Gasteiger partial charge in [0, 0.05) is 13.1 Å². The van der Waals surface area contributed by atoms with Crippen LogP contribution in [0.1, 0.15) is 54.2 Å². The van der Waals surface area contributed by atoms with Gasteiger partial charge in [-0.25, -0.2) is 4.79 Å². The van der Waals surface area contributed by atoms with E-state index in [0.29, 0.717) is 13.1 Å². The molecule has 2 aromatic rings. The van der Waals surface area contributed by atoms with E-state index >= 15 is 0 Å². The summed E-state index contributed by atoms with van der Waals surface area (Å²) in [5.74, 6) is -0.856. The Morgan fingerprint density at radius 3 is 2.23 bits per heavy atom. The van der Waals surface area contributed by atoms with Crippen molar-refractivity contribution < 1.29 is 19.4 Å². The first kappa shape index (κ1) is 21.9. The lowest BCUT2D eigenvalue weighted by Crippen LogP contribution is -2.40. The molecule has 0 atom stereocenters. The van der Waals surface area contributed by atoms with Crippen LogP contribution in [0.4, 0.5) is 4.79 Å². The van der Waals surface area contributed by atoms with Gasteiger partial charge < -0.3 is 14.7 Å². The summed E-state index contributed by atoms with van der Waals surface area (Å²) in [6, 6.07) is 8.23. The third-order valence-corrected chi connectivity index (χ3v) is 5.70. The van der Waals surface area contributed by atoms with Crippen molar-refractivity contribution in [2.75, 3.05) is 6.54 Å². The van der Waals surface area contributed by atoms with Crippen molar-refractivity contribution in [3.63, 3.8) is 0 Å². The number of carbonyl (C=O) groups is 2. The molecule has 160 valence electrons. The molecule has 0 spiro atoms. The van der Waals surface area contributed by atoms with Crippen molar-refractivity contribution in [1.82, 2.24) is 4.90 Å². The Bertz CT molecular complexity index is 984. The molecule has 30 heavy (non-hydrogen) atoms. The van der Waals surface area contributed by atoms with Crippen molar-refractivity contribution in [1.29, 1.82) is 0 Å². The Balaban J connectivity index is 2.10. The van der Waals surface area contributed by atoms with Gasteiger partial charge in [0.1, 0.15) is 5.60 Å². The number of fused-ring (bicyclic) bond motifs is 1. The number of aliphatic carboxylic acids is 1. The smallest absolute Gasteiger partial charge is 0.410 e.